The second kappa shape index (κ2) is 16.4. The molecule has 2 N–H and O–H groups in total. The molecule has 1 saturated heterocycles. The van der Waals surface area contributed by atoms with Crippen molar-refractivity contribution in [3.05, 3.63) is 76.8 Å². The van der Waals surface area contributed by atoms with Gasteiger partial charge in [-0.15, -0.1) is 24.8 Å². The van der Waals surface area contributed by atoms with Crippen LogP contribution in [0.4, 0.5) is 18.4 Å². The van der Waals surface area contributed by atoms with Gasteiger partial charge in [-0.05, 0) is 55.8 Å². The lowest BCUT2D eigenvalue weighted by molar-refractivity contribution is -0.137. The number of pyridine rings is 1. The highest BCUT2D eigenvalue weighted by molar-refractivity contribution is 6.02. The molecule has 1 aromatic heterocycles. The van der Waals surface area contributed by atoms with E-state index in [4.69, 9.17) is 9.47 Å². The minimum Gasteiger partial charge on any atom is -0.466 e. The van der Waals surface area contributed by atoms with Gasteiger partial charge in [-0.1, -0.05) is 12.1 Å². The Morgan fingerprint density at radius 3 is 2.39 bits per heavy atom. The highest BCUT2D eigenvalue weighted by Crippen LogP contribution is 2.36. The van der Waals surface area contributed by atoms with Crippen molar-refractivity contribution in [1.29, 1.82) is 0 Å². The number of halogens is 4. The van der Waals surface area contributed by atoms with E-state index in [9.17, 15) is 33.2 Å². The molecule has 2 aliphatic rings. The summed E-state index contributed by atoms with van der Waals surface area (Å²) in [5.74, 6) is -3.74. The topological polar surface area (TPSA) is 142 Å². The lowest BCUT2D eigenvalue weighted by Crippen LogP contribution is -2.56. The maximum atomic E-state index is 14.2. The number of hydroxylamine groups is 2. The number of imide groups is 1. The van der Waals surface area contributed by atoms with Crippen LogP contribution >= 0.6 is 24.8 Å². The monoisotopic (exact) mass is 659 g/mol. The lowest BCUT2D eigenvalue weighted by Gasteiger charge is -2.38. The van der Waals surface area contributed by atoms with Crippen LogP contribution < -0.4 is 5.32 Å². The zero-order valence-corrected chi connectivity index (χ0v) is 25.5. The summed E-state index contributed by atoms with van der Waals surface area (Å²) in [6.07, 6.45) is 3.30. The Balaban J connectivity index is 0.00000337. The number of ether oxygens (including phenoxy) is 2. The summed E-state index contributed by atoms with van der Waals surface area (Å²) in [4.78, 5) is 58.9. The maximum absolute atomic E-state index is 14.2. The number of carbonyl (C=O) groups is 4. The number of rotatable bonds is 9. The van der Waals surface area contributed by atoms with Crippen LogP contribution in [0.3, 0.4) is 0 Å². The van der Waals surface area contributed by atoms with Crippen molar-refractivity contribution in [3.8, 4) is 0 Å². The fourth-order valence-corrected chi connectivity index (χ4v) is 5.13. The predicted octanol–water partition coefficient (Wildman–Crippen LogP) is 3.60. The van der Waals surface area contributed by atoms with Gasteiger partial charge in [0.1, 0.15) is 12.6 Å². The third-order valence-corrected chi connectivity index (χ3v) is 7.13. The largest absolute Gasteiger partial charge is 0.466 e. The Bertz CT molecular complexity index is 1380. The first-order valence-corrected chi connectivity index (χ1v) is 13.1. The summed E-state index contributed by atoms with van der Waals surface area (Å²) < 4.78 is 37.9. The smallest absolute Gasteiger partial charge is 0.353 e. The first-order chi connectivity index (χ1) is 20.1. The fraction of sp³-hybridized carbons (Fsp3) is 0.393. The van der Waals surface area contributed by atoms with E-state index in [0.717, 1.165) is 37.8 Å². The van der Waals surface area contributed by atoms with Crippen LogP contribution in [0, 0.1) is 11.6 Å². The highest BCUT2D eigenvalue weighted by atomic mass is 35.5. The van der Waals surface area contributed by atoms with Gasteiger partial charge < -0.3 is 14.8 Å². The van der Waals surface area contributed by atoms with Gasteiger partial charge in [-0.3, -0.25) is 19.9 Å². The number of aromatic nitrogens is 1. The molecule has 1 fully saturated rings. The maximum Gasteiger partial charge on any atom is 0.353 e. The van der Waals surface area contributed by atoms with E-state index < -0.39 is 48.0 Å². The zero-order valence-electron chi connectivity index (χ0n) is 23.9. The second-order valence-electron chi connectivity index (χ2n) is 9.88. The van der Waals surface area contributed by atoms with Crippen molar-refractivity contribution < 1.29 is 42.6 Å². The molecule has 4 amide bonds. The molecule has 2 aromatic rings. The average Bonchev–Trinajstić information content (AvgIpc) is 2.98. The molecular weight excluding hydrogens is 627 g/mol. The molecular formula is C28H33Cl2F2N5O7. The number of piperidine rings is 1. The van der Waals surface area contributed by atoms with Crippen molar-refractivity contribution >= 4 is 48.6 Å². The number of nitrogens with one attached hydrogen (secondary N) is 1. The summed E-state index contributed by atoms with van der Waals surface area (Å²) in [6.45, 7) is 0.0961. The van der Waals surface area contributed by atoms with Crippen molar-refractivity contribution in [2.45, 2.75) is 24.8 Å². The second-order valence-corrected chi connectivity index (χ2v) is 9.88. The number of Topliss-reactive ketones (excluding diaryl/α,β-unsaturated/α-hetero) is 1. The number of likely N-dealkylation sites (tertiary alicyclic amines) is 1. The van der Waals surface area contributed by atoms with Crippen LogP contribution in [0.15, 0.2) is 53.9 Å². The Hall–Kier alpha value is -3.69. The zero-order chi connectivity index (χ0) is 30.4. The van der Waals surface area contributed by atoms with E-state index in [0.29, 0.717) is 24.1 Å². The van der Waals surface area contributed by atoms with Gasteiger partial charge in [0.15, 0.2) is 17.4 Å². The molecule has 44 heavy (non-hydrogen) atoms. The molecule has 2 aliphatic heterocycles. The predicted molar refractivity (Wildman–Crippen MR) is 156 cm³/mol. The van der Waals surface area contributed by atoms with Gasteiger partial charge in [0.25, 0.3) is 0 Å². The van der Waals surface area contributed by atoms with Crippen molar-refractivity contribution in [2.24, 2.45) is 0 Å². The molecule has 4 rings (SSSR count). The van der Waals surface area contributed by atoms with Crippen molar-refractivity contribution in [2.75, 3.05) is 47.0 Å². The van der Waals surface area contributed by atoms with Crippen molar-refractivity contribution in [3.63, 3.8) is 0 Å². The molecule has 3 heterocycles. The number of hydrogen-bond acceptors (Lipinski definition) is 9. The normalized spacial score (nSPS) is 17.2. The van der Waals surface area contributed by atoms with E-state index in [-0.39, 0.29) is 65.8 Å². The number of methoxy groups -OCH3 is 2. The van der Waals surface area contributed by atoms with E-state index in [1.807, 2.05) is 23.1 Å². The summed E-state index contributed by atoms with van der Waals surface area (Å²) in [5, 5.41) is 13.0. The highest BCUT2D eigenvalue weighted by Gasteiger charge is 2.44. The van der Waals surface area contributed by atoms with Crippen LogP contribution in [0.2, 0.25) is 0 Å². The van der Waals surface area contributed by atoms with Gasteiger partial charge in [0.05, 0.1) is 31.5 Å². The van der Waals surface area contributed by atoms with Crippen LogP contribution in [-0.2, 0) is 19.1 Å². The van der Waals surface area contributed by atoms with Gasteiger partial charge in [-0.25, -0.2) is 28.1 Å². The molecule has 0 spiro atoms. The van der Waals surface area contributed by atoms with Crippen LogP contribution in [0.25, 0.3) is 0 Å². The van der Waals surface area contributed by atoms with E-state index in [2.05, 4.69) is 10.3 Å². The molecule has 16 heteroatoms. The van der Waals surface area contributed by atoms with Gasteiger partial charge in [0.2, 0.25) is 0 Å². The first kappa shape index (κ1) is 36.5. The van der Waals surface area contributed by atoms with Crippen LogP contribution in [0.5, 0.6) is 0 Å². The van der Waals surface area contributed by atoms with Crippen LogP contribution in [-0.4, -0.2) is 95.9 Å². The van der Waals surface area contributed by atoms with E-state index in [1.54, 1.807) is 6.20 Å². The molecule has 0 aliphatic carbocycles. The van der Waals surface area contributed by atoms with Gasteiger partial charge in [0, 0.05) is 24.9 Å². The van der Waals surface area contributed by atoms with Crippen LogP contribution in [0.1, 0.15) is 36.1 Å². The summed E-state index contributed by atoms with van der Waals surface area (Å²) in [5.41, 5.74) is 0.429. The molecule has 240 valence electrons. The molecule has 0 bridgehead atoms. The number of carbonyl (C=O) groups excluding carboxylic acids is 4. The minimum atomic E-state index is -1.64. The first-order valence-electron chi connectivity index (χ1n) is 13.1. The minimum absolute atomic E-state index is 0. The lowest BCUT2D eigenvalue weighted by atomic mass is 9.93. The van der Waals surface area contributed by atoms with Gasteiger partial charge in [-0.2, -0.15) is 5.06 Å². The SMILES string of the molecule is COCC1=C(C(=O)OC)C(c2ccc(F)c(F)c2)N(C(=O)N(O)CC(=O)CN2CCC(c3ccccn3)CC2)C(=O)N1.Cl.Cl. The molecule has 1 atom stereocenters. The Morgan fingerprint density at radius 2 is 1.80 bits per heavy atom. The average molecular weight is 661 g/mol. The standard InChI is InChI=1S/C28H31F2N5O7.2ClH/c1-41-16-23-24(26(37)42-2)25(18-6-7-20(29)21(30)13-18)35(27(38)32-23)28(39)34(40)15-19(36)14-33-11-8-17(9-12-33)22-5-3-4-10-31-22;;/h3-7,10,13,17,25,40H,8-9,11-12,14-16H2,1-2H3,(H,32,38);2*1H. The third-order valence-electron chi connectivity index (χ3n) is 7.13. The molecule has 12 nitrogen and oxygen atoms in total. The summed E-state index contributed by atoms with van der Waals surface area (Å²) in [7, 11) is 2.35. The number of amides is 4. The number of benzene rings is 1. The molecule has 1 aromatic carbocycles. The number of esters is 1. The summed E-state index contributed by atoms with van der Waals surface area (Å²) >= 11 is 0. The quantitative estimate of drug-likeness (QED) is 0.235. The Kier molecular flexibility index (Phi) is 13.6. The van der Waals surface area contributed by atoms with E-state index >= 15 is 0 Å². The van der Waals surface area contributed by atoms with Gasteiger partial charge >= 0.3 is 18.0 Å². The Labute approximate surface area is 264 Å². The summed E-state index contributed by atoms with van der Waals surface area (Å²) in [6, 6.07) is 4.18. The molecule has 1 unspecified atom stereocenters. The number of urea groups is 2. The third kappa shape index (κ3) is 8.27. The molecule has 0 radical (unpaired) electrons. The van der Waals surface area contributed by atoms with E-state index in [1.165, 1.54) is 7.11 Å². The Morgan fingerprint density at radius 1 is 1.09 bits per heavy atom. The number of hydrogen-bond donors (Lipinski definition) is 2. The number of ketones is 1. The molecule has 0 saturated carbocycles. The number of nitrogens with zero attached hydrogens (tertiary/aromatic N) is 4. The fourth-order valence-electron chi connectivity index (χ4n) is 5.13. The van der Waals surface area contributed by atoms with Crippen molar-refractivity contribution in [1.82, 2.24) is 25.2 Å².